The van der Waals surface area contributed by atoms with E-state index < -0.39 is 0 Å². The third-order valence-corrected chi connectivity index (χ3v) is 5.77. The number of carbonyl (C=O) groups excluding carboxylic acids is 1. The summed E-state index contributed by atoms with van der Waals surface area (Å²) in [6.07, 6.45) is 5.01. The van der Waals surface area contributed by atoms with Gasteiger partial charge in [-0.25, -0.2) is 9.98 Å². The molecule has 0 radical (unpaired) electrons. The van der Waals surface area contributed by atoms with Crippen LogP contribution in [0.2, 0.25) is 0 Å². The van der Waals surface area contributed by atoms with Crippen molar-refractivity contribution in [1.82, 2.24) is 15.1 Å². The van der Waals surface area contributed by atoms with Crippen LogP contribution < -0.4 is 15.4 Å². The van der Waals surface area contributed by atoms with Crippen LogP contribution in [0.4, 0.5) is 5.69 Å². The Morgan fingerprint density at radius 3 is 2.74 bits per heavy atom. The predicted octanol–water partition coefficient (Wildman–Crippen LogP) is 3.31. The summed E-state index contributed by atoms with van der Waals surface area (Å²) in [5.74, 6) is 1.15. The number of likely N-dealkylation sites (N-methyl/N-ethyl adjacent to an activating group) is 2. The topological polar surface area (TPSA) is 93.9 Å². The van der Waals surface area contributed by atoms with Crippen LogP contribution in [0.15, 0.2) is 57.2 Å². The van der Waals surface area contributed by atoms with Gasteiger partial charge in [-0.05, 0) is 58.3 Å². The zero-order valence-electron chi connectivity index (χ0n) is 21.7. The number of methoxy groups -OCH3 is 1. The van der Waals surface area contributed by atoms with E-state index >= 15 is 0 Å². The van der Waals surface area contributed by atoms with E-state index in [4.69, 9.17) is 4.74 Å². The first-order valence-electron chi connectivity index (χ1n) is 11.8. The van der Waals surface area contributed by atoms with Crippen LogP contribution in [0, 0.1) is 0 Å². The van der Waals surface area contributed by atoms with Crippen LogP contribution in [0.1, 0.15) is 32.3 Å². The van der Waals surface area contributed by atoms with Crippen molar-refractivity contribution in [1.29, 1.82) is 0 Å². The summed E-state index contributed by atoms with van der Waals surface area (Å²) in [6.45, 7) is 14.2. The van der Waals surface area contributed by atoms with Gasteiger partial charge in [0.05, 0.1) is 18.8 Å². The van der Waals surface area contributed by atoms with Crippen molar-refractivity contribution in [2.75, 3.05) is 46.2 Å². The highest BCUT2D eigenvalue weighted by Crippen LogP contribution is 2.23. The van der Waals surface area contributed by atoms with E-state index in [-0.39, 0.29) is 11.9 Å². The van der Waals surface area contributed by atoms with Crippen molar-refractivity contribution in [3.05, 3.63) is 47.8 Å². The summed E-state index contributed by atoms with van der Waals surface area (Å²) in [7, 11) is 5.52. The van der Waals surface area contributed by atoms with Gasteiger partial charge in [-0.3, -0.25) is 9.79 Å². The SMILES string of the molecule is C=NC1=NC(=C)/C(=C/N=CC)CN(C)CCCN(C)C(=O)[C@H](CC)NCc2cc(ccc2OC)N1. The molecular weight excluding hydrogens is 442 g/mol. The molecule has 1 heterocycles. The molecule has 2 rings (SSSR count). The molecule has 0 aliphatic carbocycles. The Bertz CT molecular complexity index is 984. The molecule has 2 bridgehead atoms. The second-order valence-electron chi connectivity index (χ2n) is 8.45. The summed E-state index contributed by atoms with van der Waals surface area (Å²) in [5.41, 5.74) is 3.10. The van der Waals surface area contributed by atoms with Gasteiger partial charge in [0.1, 0.15) is 5.75 Å². The van der Waals surface area contributed by atoms with Gasteiger partial charge >= 0.3 is 0 Å². The van der Waals surface area contributed by atoms with Crippen LogP contribution in [0.3, 0.4) is 0 Å². The first kappa shape index (κ1) is 27.9. The van der Waals surface area contributed by atoms with Gasteiger partial charge in [-0.1, -0.05) is 13.5 Å². The Labute approximate surface area is 209 Å². The molecule has 35 heavy (non-hydrogen) atoms. The van der Waals surface area contributed by atoms with Gasteiger partial charge in [0.15, 0.2) is 0 Å². The Morgan fingerprint density at radius 2 is 2.09 bits per heavy atom. The molecule has 0 aromatic heterocycles. The standard InChI is InChI=1S/C26H39N7O2/c1-8-23-25(34)33(6)14-10-13-32(5)18-21(16-28-9-2)19(3)30-26(27-4)31-22-11-12-24(35-7)20(15-22)17-29-23/h9,11-12,15-16,23,29H,3-4,8,10,13-14,17-18H2,1-2,5-7H3,(H,30,31)/b21-16+,28-9?/t23-/m0/s1. The Kier molecular flexibility index (Phi) is 11.3. The number of ether oxygens (including phenoxy) is 1. The van der Waals surface area contributed by atoms with Crippen LogP contribution in [-0.2, 0) is 11.3 Å². The number of nitrogens with zero attached hydrogens (tertiary/aromatic N) is 5. The number of guanidine groups is 1. The minimum Gasteiger partial charge on any atom is -0.496 e. The Morgan fingerprint density at radius 1 is 1.31 bits per heavy atom. The highest BCUT2D eigenvalue weighted by molar-refractivity contribution is 5.97. The molecule has 1 aliphatic rings. The van der Waals surface area contributed by atoms with Crippen molar-refractivity contribution >= 4 is 30.5 Å². The predicted molar refractivity (Wildman–Crippen MR) is 146 cm³/mol. The smallest absolute Gasteiger partial charge is 0.239 e. The van der Waals surface area contributed by atoms with Crippen LogP contribution >= 0.6 is 0 Å². The maximum atomic E-state index is 13.1. The minimum atomic E-state index is -0.283. The largest absolute Gasteiger partial charge is 0.496 e. The van der Waals surface area contributed by atoms with Crippen LogP contribution in [0.5, 0.6) is 5.75 Å². The van der Waals surface area contributed by atoms with Crippen molar-refractivity contribution in [3.63, 3.8) is 0 Å². The first-order chi connectivity index (χ1) is 16.8. The minimum absolute atomic E-state index is 0.0843. The summed E-state index contributed by atoms with van der Waals surface area (Å²) < 4.78 is 5.54. The second kappa shape index (κ2) is 14.2. The fraction of sp³-hybridized carbons (Fsp3) is 0.462. The molecule has 1 atom stereocenters. The summed E-state index contributed by atoms with van der Waals surface area (Å²) in [6, 6.07) is 5.42. The lowest BCUT2D eigenvalue weighted by Crippen LogP contribution is -2.45. The molecule has 0 saturated heterocycles. The summed E-state index contributed by atoms with van der Waals surface area (Å²) >= 11 is 0. The molecule has 190 valence electrons. The molecule has 1 amide bonds. The van der Waals surface area contributed by atoms with Crippen LogP contribution in [0.25, 0.3) is 0 Å². The fourth-order valence-corrected chi connectivity index (χ4v) is 3.76. The summed E-state index contributed by atoms with van der Waals surface area (Å²) in [5, 5.41) is 6.60. The molecule has 0 saturated carbocycles. The normalized spacial score (nSPS) is 20.8. The number of rotatable bonds is 3. The van der Waals surface area contributed by atoms with Crippen molar-refractivity contribution in [3.8, 4) is 5.75 Å². The number of benzene rings is 1. The quantitative estimate of drug-likeness (QED) is 0.646. The molecule has 0 unspecified atom stereocenters. The molecular formula is C26H39N7O2. The molecule has 9 nitrogen and oxygen atoms in total. The summed E-state index contributed by atoms with van der Waals surface area (Å²) in [4.78, 5) is 29.9. The van der Waals surface area contributed by atoms with Gasteiger partial charge < -0.3 is 25.2 Å². The molecule has 1 aromatic carbocycles. The Hall–Kier alpha value is -3.30. The van der Waals surface area contributed by atoms with Crippen molar-refractivity contribution in [2.24, 2.45) is 15.0 Å². The first-order valence-corrected chi connectivity index (χ1v) is 11.8. The van der Waals surface area contributed by atoms with Gasteiger partial charge in [0.2, 0.25) is 11.9 Å². The zero-order valence-corrected chi connectivity index (χ0v) is 21.7. The third kappa shape index (κ3) is 8.45. The number of anilines is 1. The average molecular weight is 482 g/mol. The maximum absolute atomic E-state index is 13.1. The van der Waals surface area contributed by atoms with E-state index in [1.54, 1.807) is 24.4 Å². The highest BCUT2D eigenvalue weighted by Gasteiger charge is 2.21. The molecule has 9 heteroatoms. The van der Waals surface area contributed by atoms with E-state index in [1.807, 2.05) is 46.1 Å². The number of amides is 1. The number of hydrogen-bond donors (Lipinski definition) is 2. The van der Waals surface area contributed by atoms with Gasteiger partial charge in [-0.2, -0.15) is 0 Å². The van der Waals surface area contributed by atoms with Gasteiger partial charge in [0.25, 0.3) is 0 Å². The van der Waals surface area contributed by atoms with Crippen molar-refractivity contribution < 1.29 is 9.53 Å². The molecule has 2 N–H and O–H groups in total. The van der Waals surface area contributed by atoms with E-state index in [9.17, 15) is 4.79 Å². The highest BCUT2D eigenvalue weighted by atomic mass is 16.5. The van der Waals surface area contributed by atoms with Crippen LogP contribution in [-0.4, -0.2) is 81.5 Å². The Balaban J connectivity index is 2.46. The lowest BCUT2D eigenvalue weighted by atomic mass is 10.1. The lowest BCUT2D eigenvalue weighted by Gasteiger charge is -2.26. The maximum Gasteiger partial charge on any atom is 0.239 e. The molecule has 0 fully saturated rings. The molecule has 1 aliphatic heterocycles. The van der Waals surface area contributed by atoms with E-state index in [0.29, 0.717) is 37.7 Å². The van der Waals surface area contributed by atoms with E-state index in [1.165, 1.54) is 0 Å². The van der Waals surface area contributed by atoms with Crippen molar-refractivity contribution in [2.45, 2.75) is 39.3 Å². The van der Waals surface area contributed by atoms with E-state index in [2.05, 4.69) is 43.8 Å². The monoisotopic (exact) mass is 481 g/mol. The number of nitrogens with one attached hydrogen (secondary N) is 2. The number of aliphatic imine (C=N–C) groups is 3. The molecule has 1 aromatic rings. The van der Waals surface area contributed by atoms with Gasteiger partial charge in [-0.15, -0.1) is 0 Å². The number of carbonyl (C=O) groups is 1. The number of fused-ring (bicyclic) bond motifs is 2. The fourth-order valence-electron chi connectivity index (χ4n) is 3.76. The second-order valence-corrected chi connectivity index (χ2v) is 8.45. The average Bonchev–Trinajstić information content (AvgIpc) is 2.85. The van der Waals surface area contributed by atoms with Gasteiger partial charge in [0, 0.05) is 55.9 Å². The molecule has 0 spiro atoms. The number of hydrogen-bond acceptors (Lipinski definition) is 8. The van der Waals surface area contributed by atoms with E-state index in [0.717, 1.165) is 35.5 Å². The third-order valence-electron chi connectivity index (χ3n) is 5.77. The zero-order chi connectivity index (χ0) is 25.8. The lowest BCUT2D eigenvalue weighted by molar-refractivity contribution is -0.132.